The fourth-order valence-electron chi connectivity index (χ4n) is 5.57. The van der Waals surface area contributed by atoms with Crippen LogP contribution in [0.15, 0.2) is 48.5 Å². The normalized spacial score (nSPS) is 23.1. The van der Waals surface area contributed by atoms with Crippen LogP contribution in [-0.4, -0.2) is 53.7 Å². The van der Waals surface area contributed by atoms with Gasteiger partial charge in [-0.15, -0.1) is 0 Å². The first kappa shape index (κ1) is 22.4. The third-order valence-electron chi connectivity index (χ3n) is 7.77. The average Bonchev–Trinajstić information content (AvgIpc) is 3.25. The Morgan fingerprint density at radius 1 is 1.09 bits per heavy atom. The van der Waals surface area contributed by atoms with Crippen LogP contribution in [0.2, 0.25) is 0 Å². The van der Waals surface area contributed by atoms with Crippen LogP contribution in [0.3, 0.4) is 0 Å². The number of carboxylic acid groups (broad SMARTS) is 1. The van der Waals surface area contributed by atoms with E-state index >= 15 is 0 Å². The predicted molar refractivity (Wildman–Crippen MR) is 126 cm³/mol. The van der Waals surface area contributed by atoms with Gasteiger partial charge in [0, 0.05) is 31.5 Å². The van der Waals surface area contributed by atoms with Gasteiger partial charge in [-0.05, 0) is 40.5 Å². The van der Waals surface area contributed by atoms with E-state index < -0.39 is 17.5 Å². The van der Waals surface area contributed by atoms with Crippen molar-refractivity contribution in [2.24, 2.45) is 17.3 Å². The summed E-state index contributed by atoms with van der Waals surface area (Å²) < 4.78 is 5.65. The van der Waals surface area contributed by atoms with E-state index in [2.05, 4.69) is 29.6 Å². The van der Waals surface area contributed by atoms with Crippen molar-refractivity contribution in [2.45, 2.75) is 38.6 Å². The number of fused-ring (bicyclic) bond motifs is 4. The van der Waals surface area contributed by atoms with Crippen LogP contribution in [0.25, 0.3) is 11.1 Å². The summed E-state index contributed by atoms with van der Waals surface area (Å²) >= 11 is 0. The molecule has 5 rings (SSSR count). The van der Waals surface area contributed by atoms with E-state index in [4.69, 9.17) is 4.74 Å². The molecule has 1 saturated carbocycles. The van der Waals surface area contributed by atoms with Crippen LogP contribution in [0.5, 0.6) is 0 Å². The zero-order valence-electron chi connectivity index (χ0n) is 19.5. The maximum absolute atomic E-state index is 12.9. The summed E-state index contributed by atoms with van der Waals surface area (Å²) in [7, 11) is 0. The van der Waals surface area contributed by atoms with Gasteiger partial charge in [-0.3, -0.25) is 9.59 Å². The lowest BCUT2D eigenvalue weighted by atomic mass is 9.98. The molecule has 2 fully saturated rings. The van der Waals surface area contributed by atoms with Crippen LogP contribution < -0.4 is 5.32 Å². The molecule has 2 amide bonds. The van der Waals surface area contributed by atoms with Crippen LogP contribution in [0, 0.1) is 17.3 Å². The van der Waals surface area contributed by atoms with Gasteiger partial charge in [0.25, 0.3) is 0 Å². The number of nitrogens with zero attached hydrogens (tertiary/aromatic N) is 1. The van der Waals surface area contributed by atoms with Gasteiger partial charge in [0.05, 0.1) is 5.41 Å². The maximum atomic E-state index is 12.9. The average molecular weight is 463 g/mol. The number of rotatable bonds is 7. The summed E-state index contributed by atoms with van der Waals surface area (Å²) in [4.78, 5) is 38.7. The van der Waals surface area contributed by atoms with E-state index in [1.54, 1.807) is 4.90 Å². The Morgan fingerprint density at radius 3 is 2.26 bits per heavy atom. The summed E-state index contributed by atoms with van der Waals surface area (Å²) in [6, 6.07) is 15.9. The first-order chi connectivity index (χ1) is 16.3. The number of carbonyl (C=O) groups is 3. The molecule has 0 bridgehead atoms. The smallest absolute Gasteiger partial charge is 0.407 e. The minimum Gasteiger partial charge on any atom is -0.481 e. The minimum atomic E-state index is -0.815. The van der Waals surface area contributed by atoms with Crippen molar-refractivity contribution in [1.82, 2.24) is 10.2 Å². The van der Waals surface area contributed by atoms with E-state index in [0.717, 1.165) is 11.1 Å². The summed E-state index contributed by atoms with van der Waals surface area (Å²) in [5.41, 5.74) is 3.88. The molecule has 2 N–H and O–H groups in total. The minimum absolute atomic E-state index is 0.0232. The molecule has 0 aromatic heterocycles. The predicted octanol–water partition coefficient (Wildman–Crippen LogP) is 3.87. The lowest BCUT2D eigenvalue weighted by molar-refractivity contribution is -0.144. The van der Waals surface area contributed by atoms with Crippen molar-refractivity contribution in [3.05, 3.63) is 59.7 Å². The Bertz CT molecular complexity index is 1100. The number of benzene rings is 2. The monoisotopic (exact) mass is 462 g/mol. The van der Waals surface area contributed by atoms with Crippen molar-refractivity contribution in [1.29, 1.82) is 0 Å². The van der Waals surface area contributed by atoms with Gasteiger partial charge >= 0.3 is 12.1 Å². The fraction of sp³-hybridized carbons (Fsp3) is 0.444. The zero-order valence-corrected chi connectivity index (χ0v) is 19.5. The quantitative estimate of drug-likeness (QED) is 0.651. The number of aliphatic carboxylic acids is 1. The number of likely N-dealkylation sites (tertiary alicyclic amines) is 1. The van der Waals surface area contributed by atoms with Gasteiger partial charge in [0.2, 0.25) is 5.91 Å². The lowest BCUT2D eigenvalue weighted by Gasteiger charge is -2.26. The molecule has 1 aliphatic heterocycles. The number of ether oxygens (including phenoxy) is 1. The molecule has 3 unspecified atom stereocenters. The van der Waals surface area contributed by atoms with Gasteiger partial charge in [-0.25, -0.2) is 4.79 Å². The third-order valence-corrected chi connectivity index (χ3v) is 7.77. The largest absolute Gasteiger partial charge is 0.481 e. The summed E-state index contributed by atoms with van der Waals surface area (Å²) in [6.07, 6.45) is 0.238. The van der Waals surface area contributed by atoms with Gasteiger partial charge in [-0.2, -0.15) is 0 Å². The second-order valence-corrected chi connectivity index (χ2v) is 10.2. The van der Waals surface area contributed by atoms with E-state index in [0.29, 0.717) is 13.0 Å². The molecule has 7 nitrogen and oxygen atoms in total. The molecule has 2 aromatic carbocycles. The highest BCUT2D eigenvalue weighted by Gasteiger charge is 2.66. The molecular formula is C27H30N2O5. The van der Waals surface area contributed by atoms with E-state index in [1.807, 2.05) is 38.1 Å². The highest BCUT2D eigenvalue weighted by Crippen LogP contribution is 2.58. The Hall–Kier alpha value is -3.35. The molecule has 0 spiro atoms. The number of alkyl carbamates (subject to hydrolysis) is 1. The number of piperidine rings is 1. The first-order valence-electron chi connectivity index (χ1n) is 11.9. The Balaban J connectivity index is 1.19. The molecule has 1 heterocycles. The molecule has 3 aliphatic rings. The van der Waals surface area contributed by atoms with Gasteiger partial charge in [0.15, 0.2) is 0 Å². The number of amides is 2. The molecule has 2 aliphatic carbocycles. The standard InChI is InChI=1S/C27H30N2O5/c1-16(2)23(11-24(30)29-13-17-12-27(17,15-29)25(31)32)28-26(33)34-14-22-20-9-5-3-7-18(20)19-8-4-6-10-21(19)22/h3-10,16-17,22-23H,11-15H2,1-2H3,(H,28,33)(H,31,32). The van der Waals surface area contributed by atoms with E-state index in [1.165, 1.54) is 11.1 Å². The number of carbonyl (C=O) groups excluding carboxylic acids is 2. The van der Waals surface area contributed by atoms with E-state index in [9.17, 15) is 19.5 Å². The second kappa shape index (κ2) is 8.46. The molecule has 7 heteroatoms. The van der Waals surface area contributed by atoms with Crippen LogP contribution >= 0.6 is 0 Å². The summed E-state index contributed by atoms with van der Waals surface area (Å²) in [5.74, 6) is -0.882. The Morgan fingerprint density at radius 2 is 1.71 bits per heavy atom. The zero-order chi connectivity index (χ0) is 24.0. The number of nitrogens with one attached hydrogen (secondary N) is 1. The molecule has 3 atom stereocenters. The van der Waals surface area contributed by atoms with Crippen molar-refractivity contribution in [3.8, 4) is 11.1 Å². The Labute approximate surface area is 199 Å². The van der Waals surface area contributed by atoms with Crippen molar-refractivity contribution in [2.75, 3.05) is 19.7 Å². The first-order valence-corrected chi connectivity index (χ1v) is 11.9. The van der Waals surface area contributed by atoms with Crippen molar-refractivity contribution >= 4 is 18.0 Å². The number of hydrogen-bond acceptors (Lipinski definition) is 4. The lowest BCUT2D eigenvalue weighted by Crippen LogP contribution is -2.44. The van der Waals surface area contributed by atoms with Gasteiger partial charge < -0.3 is 20.1 Å². The summed E-state index contributed by atoms with van der Waals surface area (Å²) in [5, 5.41) is 12.3. The number of carboxylic acids is 1. The molecule has 1 saturated heterocycles. The second-order valence-electron chi connectivity index (χ2n) is 10.2. The van der Waals surface area contributed by atoms with Crippen LogP contribution in [0.1, 0.15) is 43.7 Å². The van der Waals surface area contributed by atoms with Crippen LogP contribution in [-0.2, 0) is 14.3 Å². The molecule has 34 heavy (non-hydrogen) atoms. The molecule has 0 radical (unpaired) electrons. The SMILES string of the molecule is CC(C)C(CC(=O)N1CC2CC2(C(=O)O)C1)NC(=O)OCC1c2ccccc2-c2ccccc21. The highest BCUT2D eigenvalue weighted by atomic mass is 16.5. The fourth-order valence-corrected chi connectivity index (χ4v) is 5.57. The highest BCUT2D eigenvalue weighted by molar-refractivity contribution is 5.84. The molecule has 2 aromatic rings. The third kappa shape index (κ3) is 3.83. The maximum Gasteiger partial charge on any atom is 0.407 e. The van der Waals surface area contributed by atoms with Gasteiger partial charge in [-0.1, -0.05) is 62.4 Å². The number of hydrogen-bond donors (Lipinski definition) is 2. The topological polar surface area (TPSA) is 95.9 Å². The van der Waals surface area contributed by atoms with E-state index in [-0.39, 0.29) is 49.3 Å². The van der Waals surface area contributed by atoms with Crippen molar-refractivity contribution in [3.63, 3.8) is 0 Å². The van der Waals surface area contributed by atoms with Crippen molar-refractivity contribution < 1.29 is 24.2 Å². The Kier molecular flexibility index (Phi) is 5.58. The van der Waals surface area contributed by atoms with Gasteiger partial charge in [0.1, 0.15) is 6.61 Å². The molecular weight excluding hydrogens is 432 g/mol. The van der Waals surface area contributed by atoms with Crippen LogP contribution in [0.4, 0.5) is 4.79 Å². The summed E-state index contributed by atoms with van der Waals surface area (Å²) in [6.45, 7) is 4.86. The molecule has 178 valence electrons.